The maximum Gasteiger partial charge on any atom is 0.251 e. The molecule has 0 saturated heterocycles. The molecule has 0 unspecified atom stereocenters. The standard InChI is InChI=1S/C19H21FN2O3S/c20-18-8-4-1-5-15(18)13-21-19(23)14-9-11-17(12-10-14)26(24,25)22-16-6-2-3-7-16/h1,4-5,8-12,16,22H,2-3,6-7,13H2,(H,21,23). The fourth-order valence-corrected chi connectivity index (χ4v) is 4.34. The Kier molecular flexibility index (Phi) is 5.68. The molecule has 0 radical (unpaired) electrons. The van der Waals surface area contributed by atoms with Crippen LogP contribution < -0.4 is 10.0 Å². The zero-order chi connectivity index (χ0) is 18.6. The smallest absolute Gasteiger partial charge is 0.251 e. The zero-order valence-corrected chi connectivity index (χ0v) is 15.1. The van der Waals surface area contributed by atoms with Crippen molar-refractivity contribution in [2.45, 2.75) is 43.2 Å². The van der Waals surface area contributed by atoms with Crippen LogP contribution in [0.25, 0.3) is 0 Å². The second kappa shape index (κ2) is 7.97. The highest BCUT2D eigenvalue weighted by atomic mass is 32.2. The SMILES string of the molecule is O=C(NCc1ccccc1F)c1ccc(S(=O)(=O)NC2CCCC2)cc1. The fraction of sp³-hybridized carbons (Fsp3) is 0.316. The summed E-state index contributed by atoms with van der Waals surface area (Å²) in [6, 6.07) is 11.9. The topological polar surface area (TPSA) is 75.3 Å². The number of hydrogen-bond acceptors (Lipinski definition) is 3. The fourth-order valence-electron chi connectivity index (χ4n) is 3.04. The Labute approximate surface area is 152 Å². The molecule has 26 heavy (non-hydrogen) atoms. The molecule has 1 fully saturated rings. The van der Waals surface area contributed by atoms with Crippen LogP contribution in [0.15, 0.2) is 53.4 Å². The van der Waals surface area contributed by atoms with Crippen molar-refractivity contribution >= 4 is 15.9 Å². The van der Waals surface area contributed by atoms with E-state index in [9.17, 15) is 17.6 Å². The predicted octanol–water partition coefficient (Wildman–Crippen LogP) is 2.98. The van der Waals surface area contributed by atoms with Crippen molar-refractivity contribution in [1.82, 2.24) is 10.0 Å². The van der Waals surface area contributed by atoms with Gasteiger partial charge in [0.05, 0.1) is 4.90 Å². The second-order valence-electron chi connectivity index (χ2n) is 6.40. The number of carbonyl (C=O) groups is 1. The molecule has 138 valence electrons. The van der Waals surface area contributed by atoms with Gasteiger partial charge < -0.3 is 5.32 Å². The van der Waals surface area contributed by atoms with Gasteiger partial charge in [-0.3, -0.25) is 4.79 Å². The van der Waals surface area contributed by atoms with E-state index in [0.29, 0.717) is 11.1 Å². The van der Waals surface area contributed by atoms with Crippen molar-refractivity contribution < 1.29 is 17.6 Å². The molecule has 7 heteroatoms. The summed E-state index contributed by atoms with van der Waals surface area (Å²) in [7, 11) is -3.58. The minimum Gasteiger partial charge on any atom is -0.348 e. The molecule has 3 rings (SSSR count). The van der Waals surface area contributed by atoms with E-state index in [1.165, 1.54) is 30.3 Å². The Bertz CT molecular complexity index is 876. The first-order chi connectivity index (χ1) is 12.5. The summed E-state index contributed by atoms with van der Waals surface area (Å²) in [5.74, 6) is -0.770. The van der Waals surface area contributed by atoms with Crippen LogP contribution in [-0.2, 0) is 16.6 Å². The Morgan fingerprint density at radius 1 is 1.04 bits per heavy atom. The summed E-state index contributed by atoms with van der Waals surface area (Å²) in [6.45, 7) is 0.0643. The maximum atomic E-state index is 13.6. The molecular formula is C19H21FN2O3S. The molecule has 1 saturated carbocycles. The third-order valence-electron chi connectivity index (χ3n) is 4.50. The summed E-state index contributed by atoms with van der Waals surface area (Å²) in [6.07, 6.45) is 3.79. The van der Waals surface area contributed by atoms with Crippen molar-refractivity contribution in [3.8, 4) is 0 Å². The molecule has 0 spiro atoms. The molecule has 0 bridgehead atoms. The van der Waals surface area contributed by atoms with E-state index in [1.807, 2.05) is 0 Å². The van der Waals surface area contributed by atoms with E-state index in [2.05, 4.69) is 10.0 Å². The average molecular weight is 376 g/mol. The molecular weight excluding hydrogens is 355 g/mol. The first kappa shape index (κ1) is 18.5. The summed E-state index contributed by atoms with van der Waals surface area (Å²) in [5, 5.41) is 2.63. The highest BCUT2D eigenvalue weighted by molar-refractivity contribution is 7.89. The van der Waals surface area contributed by atoms with Gasteiger partial charge in [0.25, 0.3) is 5.91 Å². The molecule has 1 amide bonds. The monoisotopic (exact) mass is 376 g/mol. The van der Waals surface area contributed by atoms with Crippen LogP contribution in [0.1, 0.15) is 41.6 Å². The summed E-state index contributed by atoms with van der Waals surface area (Å²) in [4.78, 5) is 12.3. The Morgan fingerprint density at radius 3 is 2.35 bits per heavy atom. The Hall–Kier alpha value is -2.25. The van der Waals surface area contributed by atoms with E-state index in [-0.39, 0.29) is 29.2 Å². The number of benzene rings is 2. The van der Waals surface area contributed by atoms with Crippen LogP contribution in [0.5, 0.6) is 0 Å². The van der Waals surface area contributed by atoms with Gasteiger partial charge in [-0.25, -0.2) is 17.5 Å². The van der Waals surface area contributed by atoms with Gasteiger partial charge >= 0.3 is 0 Å². The number of nitrogens with one attached hydrogen (secondary N) is 2. The Balaban J connectivity index is 1.63. The van der Waals surface area contributed by atoms with E-state index >= 15 is 0 Å². The highest BCUT2D eigenvalue weighted by Gasteiger charge is 2.23. The molecule has 2 aromatic carbocycles. The van der Waals surface area contributed by atoms with Crippen molar-refractivity contribution in [3.05, 3.63) is 65.5 Å². The first-order valence-electron chi connectivity index (χ1n) is 8.60. The predicted molar refractivity (Wildman–Crippen MR) is 96.6 cm³/mol. The number of hydrogen-bond donors (Lipinski definition) is 2. The average Bonchev–Trinajstić information content (AvgIpc) is 3.13. The normalized spacial score (nSPS) is 15.1. The first-order valence-corrected chi connectivity index (χ1v) is 10.1. The highest BCUT2D eigenvalue weighted by Crippen LogP contribution is 2.20. The van der Waals surface area contributed by atoms with Crippen LogP contribution in [0.2, 0.25) is 0 Å². The quantitative estimate of drug-likeness (QED) is 0.814. The lowest BCUT2D eigenvalue weighted by Crippen LogP contribution is -2.32. The molecule has 2 N–H and O–H groups in total. The third-order valence-corrected chi connectivity index (χ3v) is 6.04. The van der Waals surface area contributed by atoms with E-state index in [0.717, 1.165) is 25.7 Å². The summed E-state index contributed by atoms with van der Waals surface area (Å²) in [5.41, 5.74) is 0.710. The second-order valence-corrected chi connectivity index (χ2v) is 8.12. The van der Waals surface area contributed by atoms with E-state index in [4.69, 9.17) is 0 Å². The van der Waals surface area contributed by atoms with Crippen LogP contribution in [-0.4, -0.2) is 20.4 Å². The summed E-state index contributed by atoms with van der Waals surface area (Å²) >= 11 is 0. The van der Waals surface area contributed by atoms with Crippen LogP contribution >= 0.6 is 0 Å². The molecule has 0 aromatic heterocycles. The van der Waals surface area contributed by atoms with Gasteiger partial charge in [0.2, 0.25) is 10.0 Å². The number of amides is 1. The van der Waals surface area contributed by atoms with Gasteiger partial charge in [-0.05, 0) is 43.2 Å². The third kappa shape index (κ3) is 4.47. The van der Waals surface area contributed by atoms with Gasteiger partial charge in [-0.1, -0.05) is 31.0 Å². The maximum absolute atomic E-state index is 13.6. The molecule has 0 heterocycles. The number of sulfonamides is 1. The van der Waals surface area contributed by atoms with Gasteiger partial charge in [-0.2, -0.15) is 0 Å². The van der Waals surface area contributed by atoms with Gasteiger partial charge in [0, 0.05) is 23.7 Å². The lowest BCUT2D eigenvalue weighted by Gasteiger charge is -2.13. The van der Waals surface area contributed by atoms with Crippen LogP contribution in [0, 0.1) is 5.82 Å². The van der Waals surface area contributed by atoms with E-state index in [1.54, 1.807) is 18.2 Å². The molecule has 0 aliphatic heterocycles. The van der Waals surface area contributed by atoms with Crippen molar-refractivity contribution in [2.75, 3.05) is 0 Å². The van der Waals surface area contributed by atoms with Crippen molar-refractivity contribution in [2.24, 2.45) is 0 Å². The Morgan fingerprint density at radius 2 is 1.69 bits per heavy atom. The minimum atomic E-state index is -3.58. The van der Waals surface area contributed by atoms with Crippen LogP contribution in [0.4, 0.5) is 4.39 Å². The van der Waals surface area contributed by atoms with Crippen molar-refractivity contribution in [3.63, 3.8) is 0 Å². The molecule has 1 aliphatic carbocycles. The zero-order valence-electron chi connectivity index (χ0n) is 14.2. The number of carbonyl (C=O) groups excluding carboxylic acids is 1. The largest absolute Gasteiger partial charge is 0.348 e. The molecule has 2 aromatic rings. The minimum absolute atomic E-state index is 0.0104. The van der Waals surface area contributed by atoms with E-state index < -0.39 is 10.0 Å². The van der Waals surface area contributed by atoms with Crippen molar-refractivity contribution in [1.29, 1.82) is 0 Å². The van der Waals surface area contributed by atoms with Crippen LogP contribution in [0.3, 0.4) is 0 Å². The van der Waals surface area contributed by atoms with Gasteiger partial charge in [0.15, 0.2) is 0 Å². The molecule has 1 aliphatic rings. The molecule has 5 nitrogen and oxygen atoms in total. The summed E-state index contributed by atoms with van der Waals surface area (Å²) < 4.78 is 41.0. The number of rotatable bonds is 6. The van der Waals surface area contributed by atoms with Gasteiger partial charge in [0.1, 0.15) is 5.82 Å². The lowest BCUT2D eigenvalue weighted by atomic mass is 10.2. The number of halogens is 1. The molecule has 0 atom stereocenters. The lowest BCUT2D eigenvalue weighted by molar-refractivity contribution is 0.0950. The van der Waals surface area contributed by atoms with Gasteiger partial charge in [-0.15, -0.1) is 0 Å².